The van der Waals surface area contributed by atoms with Gasteiger partial charge >= 0.3 is 6.18 Å². The minimum Gasteiger partial charge on any atom is -0.302 e. The summed E-state index contributed by atoms with van der Waals surface area (Å²) in [5.41, 5.74) is 3.60. The Bertz CT molecular complexity index is 1030. The Hall–Kier alpha value is -1.90. The van der Waals surface area contributed by atoms with Gasteiger partial charge in [0.2, 0.25) is 0 Å². The van der Waals surface area contributed by atoms with Crippen molar-refractivity contribution in [3.05, 3.63) is 70.3 Å². The summed E-state index contributed by atoms with van der Waals surface area (Å²) in [6.07, 6.45) is -1.21. The molecule has 0 bridgehead atoms. The van der Waals surface area contributed by atoms with E-state index in [1.165, 1.54) is 17.2 Å². The molecule has 4 rings (SSSR count). The van der Waals surface area contributed by atoms with E-state index < -0.39 is 21.9 Å². The molecule has 0 spiro atoms. The predicted octanol–water partition coefficient (Wildman–Crippen LogP) is 4.72. The molecule has 1 saturated heterocycles. The van der Waals surface area contributed by atoms with Crippen LogP contribution in [0.5, 0.6) is 0 Å². The highest BCUT2D eigenvalue weighted by Gasteiger charge is 2.45. The van der Waals surface area contributed by atoms with Gasteiger partial charge in [0.05, 0.1) is 11.8 Å². The van der Waals surface area contributed by atoms with Crippen molar-refractivity contribution in [2.24, 2.45) is 5.92 Å². The molecule has 0 saturated carbocycles. The van der Waals surface area contributed by atoms with Crippen LogP contribution in [0, 0.1) is 12.8 Å². The average Bonchev–Trinajstić information content (AvgIpc) is 2.95. The molecule has 31 heavy (non-hydrogen) atoms. The van der Waals surface area contributed by atoms with Gasteiger partial charge in [-0.15, -0.1) is 0 Å². The number of benzene rings is 2. The third kappa shape index (κ3) is 5.87. The van der Waals surface area contributed by atoms with Crippen LogP contribution in [0.2, 0.25) is 0 Å². The van der Waals surface area contributed by atoms with E-state index in [0.29, 0.717) is 30.2 Å². The fourth-order valence-electron chi connectivity index (χ4n) is 5.09. The van der Waals surface area contributed by atoms with Gasteiger partial charge in [-0.05, 0) is 61.9 Å². The van der Waals surface area contributed by atoms with Crippen molar-refractivity contribution < 1.29 is 26.1 Å². The van der Waals surface area contributed by atoms with E-state index in [4.69, 9.17) is 4.55 Å². The molecule has 170 valence electrons. The van der Waals surface area contributed by atoms with E-state index in [0.717, 1.165) is 24.9 Å². The van der Waals surface area contributed by atoms with Gasteiger partial charge < -0.3 is 4.90 Å². The molecule has 1 heterocycles. The molecule has 0 aromatic heterocycles. The lowest BCUT2D eigenvalue weighted by atomic mass is 9.72. The predicted molar refractivity (Wildman–Crippen MR) is 115 cm³/mol. The van der Waals surface area contributed by atoms with Gasteiger partial charge in [-0.3, -0.25) is 4.55 Å². The van der Waals surface area contributed by atoms with Crippen molar-refractivity contribution in [3.8, 4) is 0 Å². The third-order valence-electron chi connectivity index (χ3n) is 6.23. The lowest BCUT2D eigenvalue weighted by Gasteiger charge is -2.33. The molecule has 0 amide bonds. The molecule has 1 N–H and O–H groups in total. The Kier molecular flexibility index (Phi) is 6.84. The van der Waals surface area contributed by atoms with E-state index in [-0.39, 0.29) is 5.92 Å². The van der Waals surface area contributed by atoms with Crippen molar-refractivity contribution >= 4 is 10.1 Å². The molecule has 3 atom stereocenters. The zero-order valence-corrected chi connectivity index (χ0v) is 18.7. The van der Waals surface area contributed by atoms with Crippen molar-refractivity contribution in [1.29, 1.82) is 0 Å². The van der Waals surface area contributed by atoms with Crippen LogP contribution in [-0.4, -0.2) is 43.8 Å². The zero-order valence-electron chi connectivity index (χ0n) is 17.9. The number of hydrogen-bond acceptors (Lipinski definition) is 3. The highest BCUT2D eigenvalue weighted by molar-refractivity contribution is 7.85. The number of nitrogens with zero attached hydrogens (tertiary/aromatic N) is 1. The van der Waals surface area contributed by atoms with Crippen LogP contribution in [0.15, 0.2) is 42.5 Å². The molecule has 8 heteroatoms. The Morgan fingerprint density at radius 2 is 1.81 bits per heavy atom. The maximum absolute atomic E-state index is 13.4. The lowest BCUT2D eigenvalue weighted by molar-refractivity contribution is -0.138. The molecular weight excluding hydrogens is 427 g/mol. The number of likely N-dealkylation sites (N-methyl/N-ethyl adjacent to an activating group) is 1. The second-order valence-corrected chi connectivity index (χ2v) is 10.1. The summed E-state index contributed by atoms with van der Waals surface area (Å²) >= 11 is 0. The number of likely N-dealkylation sites (tertiary alicyclic amines) is 1. The van der Waals surface area contributed by atoms with Crippen LogP contribution in [0.25, 0.3) is 0 Å². The van der Waals surface area contributed by atoms with Gasteiger partial charge in [-0.2, -0.15) is 21.6 Å². The van der Waals surface area contributed by atoms with Crippen molar-refractivity contribution in [3.63, 3.8) is 0 Å². The largest absolute Gasteiger partial charge is 0.416 e. The molecule has 1 aliphatic heterocycles. The van der Waals surface area contributed by atoms with Gasteiger partial charge in [0.15, 0.2) is 0 Å². The Morgan fingerprint density at radius 1 is 1.16 bits per heavy atom. The molecular formula is C23H28F3NO3S. The van der Waals surface area contributed by atoms with Gasteiger partial charge in [-0.1, -0.05) is 42.0 Å². The summed E-state index contributed by atoms with van der Waals surface area (Å²) in [5.74, 6) is 0.636. The van der Waals surface area contributed by atoms with E-state index in [2.05, 4.69) is 43.1 Å². The van der Waals surface area contributed by atoms with Crippen LogP contribution in [0.1, 0.15) is 40.2 Å². The number of rotatable bonds is 2. The topological polar surface area (TPSA) is 57.6 Å². The maximum Gasteiger partial charge on any atom is 0.416 e. The number of alkyl halides is 3. The molecule has 2 aromatic rings. The molecule has 4 nitrogen and oxygen atoms in total. The van der Waals surface area contributed by atoms with Crippen LogP contribution >= 0.6 is 0 Å². The standard InChI is InChI=1S/C22H24F3N.CH4O3S/c1-14-5-3-6-15(11-14)12-21-18-10-9-17-16(19(18)13-26(21)2)7-4-8-20(17)22(23,24)25;1-5(2,3)4/h3-8,11,18-19,21H,9-10,12-13H2,1-2H3;1H3,(H,2,3,4)/t18?,19-,21+;/m0./s1. The van der Waals surface area contributed by atoms with Crippen LogP contribution in [-0.2, 0) is 29.1 Å². The fraction of sp³-hybridized carbons (Fsp3) is 0.478. The SMILES string of the molecule is CS(=O)(=O)O.Cc1cccc(C[C@@H]2C3CCc4c(cccc4C(F)(F)F)[C@@H]3CN2C)c1. The number of hydrogen-bond donors (Lipinski definition) is 1. The highest BCUT2D eigenvalue weighted by atomic mass is 32.2. The Balaban J connectivity index is 0.000000491. The lowest BCUT2D eigenvalue weighted by Crippen LogP contribution is -2.33. The van der Waals surface area contributed by atoms with E-state index >= 15 is 0 Å². The highest BCUT2D eigenvalue weighted by Crippen LogP contribution is 2.48. The monoisotopic (exact) mass is 455 g/mol. The third-order valence-corrected chi connectivity index (χ3v) is 6.23. The molecule has 1 aliphatic carbocycles. The zero-order chi connectivity index (χ0) is 23.0. The van der Waals surface area contributed by atoms with E-state index in [1.54, 1.807) is 6.07 Å². The number of aryl methyl sites for hydroxylation is 1. The molecule has 2 aliphatic rings. The molecule has 0 radical (unpaired) electrons. The summed E-state index contributed by atoms with van der Waals surface area (Å²) in [5, 5.41) is 0. The summed E-state index contributed by atoms with van der Waals surface area (Å²) in [6, 6.07) is 13.7. The first-order valence-corrected chi connectivity index (χ1v) is 12.1. The Morgan fingerprint density at radius 3 is 2.42 bits per heavy atom. The van der Waals surface area contributed by atoms with E-state index in [1.807, 2.05) is 6.07 Å². The summed E-state index contributed by atoms with van der Waals surface area (Å²) in [6.45, 7) is 2.94. The quantitative estimate of drug-likeness (QED) is 0.666. The molecule has 1 fully saturated rings. The van der Waals surface area contributed by atoms with Crippen molar-refractivity contribution in [2.75, 3.05) is 19.8 Å². The second-order valence-electron chi connectivity index (χ2n) is 8.61. The smallest absolute Gasteiger partial charge is 0.302 e. The number of fused-ring (bicyclic) bond motifs is 3. The molecule has 2 aromatic carbocycles. The second kappa shape index (κ2) is 8.92. The summed E-state index contributed by atoms with van der Waals surface area (Å²) in [7, 11) is -1.55. The minimum atomic E-state index is -4.26. The van der Waals surface area contributed by atoms with E-state index in [9.17, 15) is 21.6 Å². The van der Waals surface area contributed by atoms with Gasteiger partial charge in [-0.25, -0.2) is 0 Å². The minimum absolute atomic E-state index is 0.209. The maximum atomic E-state index is 13.4. The van der Waals surface area contributed by atoms with Crippen LogP contribution in [0.3, 0.4) is 0 Å². The van der Waals surface area contributed by atoms with Gasteiger partial charge in [0.25, 0.3) is 10.1 Å². The van der Waals surface area contributed by atoms with Gasteiger partial charge in [0, 0.05) is 18.5 Å². The average molecular weight is 456 g/mol. The normalized spacial score (nSPS) is 23.5. The van der Waals surface area contributed by atoms with Crippen molar-refractivity contribution in [1.82, 2.24) is 4.90 Å². The first-order valence-electron chi connectivity index (χ1n) is 10.2. The first-order chi connectivity index (χ1) is 14.3. The van der Waals surface area contributed by atoms with Crippen molar-refractivity contribution in [2.45, 2.75) is 44.3 Å². The summed E-state index contributed by atoms with van der Waals surface area (Å²) < 4.78 is 66.0. The summed E-state index contributed by atoms with van der Waals surface area (Å²) in [4.78, 5) is 2.35. The number of halogens is 3. The fourth-order valence-corrected chi connectivity index (χ4v) is 5.09. The Labute approximate surface area is 181 Å². The molecule has 1 unspecified atom stereocenters. The van der Waals surface area contributed by atoms with Crippen LogP contribution in [0.4, 0.5) is 13.2 Å². The van der Waals surface area contributed by atoms with Crippen LogP contribution < -0.4 is 0 Å². The first kappa shape index (κ1) is 23.8. The van der Waals surface area contributed by atoms with Gasteiger partial charge in [0.1, 0.15) is 0 Å².